The second kappa shape index (κ2) is 16.8. The zero-order valence-corrected chi connectivity index (χ0v) is 36.3. The molecule has 310 valence electrons. The number of hydrogen-bond acceptors (Lipinski definition) is 1. The lowest BCUT2D eigenvalue weighted by Gasteiger charge is -2.27. The van der Waals surface area contributed by atoms with Crippen molar-refractivity contribution < 1.29 is 0 Å². The van der Waals surface area contributed by atoms with Crippen LogP contribution in [0.25, 0.3) is 93.9 Å². The van der Waals surface area contributed by atoms with E-state index in [0.29, 0.717) is 0 Å². The van der Waals surface area contributed by atoms with Gasteiger partial charge in [-0.15, -0.1) is 0 Å². The fraction of sp³-hybridized carbons (Fsp3) is 0. The van der Waals surface area contributed by atoms with Crippen LogP contribution in [-0.4, -0.2) is 4.57 Å². The Hall–Kier alpha value is -8.72. The molecule has 12 aromatic rings. The summed E-state index contributed by atoms with van der Waals surface area (Å²) in [4.78, 5) is 2.38. The van der Waals surface area contributed by atoms with Gasteiger partial charge in [0.2, 0.25) is 0 Å². The van der Waals surface area contributed by atoms with E-state index in [9.17, 15) is 0 Å². The summed E-state index contributed by atoms with van der Waals surface area (Å²) in [6.07, 6.45) is 0. The standard InChI is InChI=1S/C64H44N2/c1-4-17-45(18-5-1)49-31-35-55(36-32-49)65(57-37-33-48-23-10-11-24-50(48)40-57)56-26-16-25-51(41-56)59-27-12-13-28-60(59)52-34-38-64-62(44-52)61-29-14-15-30-63(61)66(64)58-42-53(46-19-6-2-7-20-46)39-54(43-58)47-21-8-3-9-22-47/h1-44H. The molecule has 0 saturated heterocycles. The highest BCUT2D eigenvalue weighted by molar-refractivity contribution is 6.11. The fourth-order valence-corrected chi connectivity index (χ4v) is 9.75. The van der Waals surface area contributed by atoms with Gasteiger partial charge >= 0.3 is 0 Å². The molecule has 0 saturated carbocycles. The van der Waals surface area contributed by atoms with Crippen LogP contribution in [0.4, 0.5) is 17.1 Å². The van der Waals surface area contributed by atoms with Crippen LogP contribution in [0.5, 0.6) is 0 Å². The van der Waals surface area contributed by atoms with Crippen LogP contribution in [-0.2, 0) is 0 Å². The van der Waals surface area contributed by atoms with E-state index >= 15 is 0 Å². The van der Waals surface area contributed by atoms with E-state index < -0.39 is 0 Å². The minimum atomic E-state index is 1.09. The molecule has 0 radical (unpaired) electrons. The van der Waals surface area contributed by atoms with E-state index in [0.717, 1.165) is 28.3 Å². The van der Waals surface area contributed by atoms with Crippen molar-refractivity contribution in [3.8, 4) is 61.3 Å². The van der Waals surface area contributed by atoms with Crippen LogP contribution in [0.3, 0.4) is 0 Å². The molecule has 0 unspecified atom stereocenters. The Morgan fingerprint density at radius 2 is 0.727 bits per heavy atom. The van der Waals surface area contributed by atoms with Gasteiger partial charge in [-0.25, -0.2) is 0 Å². The predicted molar refractivity (Wildman–Crippen MR) is 280 cm³/mol. The SMILES string of the molecule is c1ccc(-c2ccc(N(c3cccc(-c4ccccc4-c4ccc5c(c4)c4ccccc4n5-c4cc(-c5ccccc5)cc(-c5ccccc5)c4)c3)c3ccc4ccccc4c3)cc2)cc1. The summed E-state index contributed by atoms with van der Waals surface area (Å²) in [5.74, 6) is 0. The third kappa shape index (κ3) is 7.21. The van der Waals surface area contributed by atoms with Gasteiger partial charge in [0.1, 0.15) is 0 Å². The molecule has 0 atom stereocenters. The van der Waals surface area contributed by atoms with Crippen molar-refractivity contribution in [2.45, 2.75) is 0 Å². The highest BCUT2D eigenvalue weighted by Crippen LogP contribution is 2.42. The molecule has 0 aliphatic carbocycles. The maximum atomic E-state index is 2.44. The van der Waals surface area contributed by atoms with Gasteiger partial charge in [0.05, 0.1) is 11.0 Å². The molecule has 0 aliphatic rings. The summed E-state index contributed by atoms with van der Waals surface area (Å²) in [5.41, 5.74) is 18.7. The van der Waals surface area contributed by atoms with Gasteiger partial charge in [0.25, 0.3) is 0 Å². The Labute approximate surface area is 385 Å². The first-order valence-corrected chi connectivity index (χ1v) is 22.7. The topological polar surface area (TPSA) is 8.17 Å². The van der Waals surface area contributed by atoms with E-state index in [1.165, 1.54) is 82.6 Å². The largest absolute Gasteiger partial charge is 0.310 e. The fourth-order valence-electron chi connectivity index (χ4n) is 9.75. The lowest BCUT2D eigenvalue weighted by molar-refractivity contribution is 1.18. The predicted octanol–water partition coefficient (Wildman–Crippen LogP) is 17.7. The van der Waals surface area contributed by atoms with Gasteiger partial charge in [-0.1, -0.05) is 194 Å². The molecule has 0 fully saturated rings. The number of benzene rings is 11. The van der Waals surface area contributed by atoms with E-state index in [4.69, 9.17) is 0 Å². The van der Waals surface area contributed by atoms with Crippen LogP contribution in [0.2, 0.25) is 0 Å². The van der Waals surface area contributed by atoms with Gasteiger partial charge in [0, 0.05) is 33.5 Å². The van der Waals surface area contributed by atoms with E-state index in [2.05, 4.69) is 276 Å². The van der Waals surface area contributed by atoms with Crippen molar-refractivity contribution in [2.24, 2.45) is 0 Å². The first-order chi connectivity index (χ1) is 32.7. The Morgan fingerprint density at radius 1 is 0.242 bits per heavy atom. The molecule has 0 spiro atoms. The summed E-state index contributed by atoms with van der Waals surface area (Å²) in [6.45, 7) is 0. The molecule has 11 aromatic carbocycles. The zero-order valence-electron chi connectivity index (χ0n) is 36.3. The molecule has 1 heterocycles. The number of nitrogens with zero attached hydrogens (tertiary/aromatic N) is 2. The van der Waals surface area contributed by atoms with Crippen molar-refractivity contribution in [3.63, 3.8) is 0 Å². The maximum absolute atomic E-state index is 2.44. The molecule has 0 bridgehead atoms. The maximum Gasteiger partial charge on any atom is 0.0541 e. The van der Waals surface area contributed by atoms with Gasteiger partial charge in [-0.2, -0.15) is 0 Å². The van der Waals surface area contributed by atoms with Gasteiger partial charge in [0.15, 0.2) is 0 Å². The Morgan fingerprint density at radius 3 is 1.41 bits per heavy atom. The van der Waals surface area contributed by atoms with Crippen molar-refractivity contribution in [3.05, 3.63) is 267 Å². The van der Waals surface area contributed by atoms with Crippen molar-refractivity contribution in [1.29, 1.82) is 0 Å². The number of rotatable bonds is 9. The van der Waals surface area contributed by atoms with Crippen LogP contribution >= 0.6 is 0 Å². The average molecular weight is 841 g/mol. The van der Waals surface area contributed by atoms with Gasteiger partial charge < -0.3 is 9.47 Å². The number of anilines is 3. The first-order valence-electron chi connectivity index (χ1n) is 22.7. The number of aromatic nitrogens is 1. The molecule has 66 heavy (non-hydrogen) atoms. The summed E-state index contributed by atoms with van der Waals surface area (Å²) < 4.78 is 2.44. The van der Waals surface area contributed by atoms with Crippen molar-refractivity contribution in [1.82, 2.24) is 4.57 Å². The lowest BCUT2D eigenvalue weighted by atomic mass is 9.93. The van der Waals surface area contributed by atoms with Crippen molar-refractivity contribution >= 4 is 49.6 Å². The smallest absolute Gasteiger partial charge is 0.0541 e. The number of fused-ring (bicyclic) bond motifs is 4. The van der Waals surface area contributed by atoms with Crippen molar-refractivity contribution in [2.75, 3.05) is 4.90 Å². The van der Waals surface area contributed by atoms with Crippen LogP contribution in [0.1, 0.15) is 0 Å². The second-order valence-corrected chi connectivity index (χ2v) is 17.0. The summed E-state index contributed by atoms with van der Waals surface area (Å²) >= 11 is 0. The molecule has 0 aliphatic heterocycles. The summed E-state index contributed by atoms with van der Waals surface area (Å²) in [5, 5.41) is 4.88. The molecule has 0 amide bonds. The monoisotopic (exact) mass is 840 g/mol. The molecule has 12 rings (SSSR count). The second-order valence-electron chi connectivity index (χ2n) is 17.0. The van der Waals surface area contributed by atoms with Crippen LogP contribution in [0.15, 0.2) is 267 Å². The van der Waals surface area contributed by atoms with E-state index in [1.807, 2.05) is 0 Å². The Kier molecular flexibility index (Phi) is 9.89. The Balaban J connectivity index is 0.976. The minimum Gasteiger partial charge on any atom is -0.310 e. The quantitative estimate of drug-likeness (QED) is 0.141. The average Bonchev–Trinajstić information content (AvgIpc) is 3.73. The molecular weight excluding hydrogens is 797 g/mol. The third-order valence-corrected chi connectivity index (χ3v) is 12.9. The molecule has 1 aromatic heterocycles. The lowest BCUT2D eigenvalue weighted by Crippen LogP contribution is -2.10. The number of hydrogen-bond donors (Lipinski definition) is 0. The van der Waals surface area contributed by atoms with Crippen LogP contribution < -0.4 is 4.90 Å². The molecule has 0 N–H and O–H groups in total. The highest BCUT2D eigenvalue weighted by atomic mass is 15.1. The van der Waals surface area contributed by atoms with Gasteiger partial charge in [-0.3, -0.25) is 0 Å². The molecule has 2 heteroatoms. The normalized spacial score (nSPS) is 11.3. The first kappa shape index (κ1) is 38.9. The van der Waals surface area contributed by atoms with E-state index in [-0.39, 0.29) is 0 Å². The van der Waals surface area contributed by atoms with Gasteiger partial charge in [-0.05, 0) is 139 Å². The minimum absolute atomic E-state index is 1.09. The summed E-state index contributed by atoms with van der Waals surface area (Å²) in [7, 11) is 0. The number of para-hydroxylation sites is 1. The van der Waals surface area contributed by atoms with Crippen LogP contribution in [0, 0.1) is 0 Å². The molecule has 2 nitrogen and oxygen atoms in total. The third-order valence-electron chi connectivity index (χ3n) is 12.9. The Bertz CT molecular complexity index is 3620. The summed E-state index contributed by atoms with van der Waals surface area (Å²) in [6, 6.07) is 97.0. The molecular formula is C64H44N2. The van der Waals surface area contributed by atoms with E-state index in [1.54, 1.807) is 0 Å². The highest BCUT2D eigenvalue weighted by Gasteiger charge is 2.19. The zero-order chi connectivity index (χ0) is 43.8.